The molecule has 3 aromatic rings. The number of halogens is 1. The average Bonchev–Trinajstić information content (AvgIpc) is 2.91. The number of alkyl halides is 1. The summed E-state index contributed by atoms with van der Waals surface area (Å²) in [6.07, 6.45) is -0.0223. The lowest BCUT2D eigenvalue weighted by Gasteiger charge is -2.24. The molecule has 1 amide bonds. The monoisotopic (exact) mass is 541 g/mol. The van der Waals surface area contributed by atoms with E-state index in [1.54, 1.807) is 61.2 Å². The maximum absolute atomic E-state index is 13.4. The Kier molecular flexibility index (Phi) is 10.4. The number of anilines is 2. The van der Waals surface area contributed by atoms with Crippen LogP contribution in [0.15, 0.2) is 42.5 Å². The summed E-state index contributed by atoms with van der Waals surface area (Å²) in [5.74, 6) is -1.92. The van der Waals surface area contributed by atoms with Crippen LogP contribution < -0.4 is 16.0 Å². The number of nitrogens with one attached hydrogen (secondary N) is 1. The minimum Gasteiger partial charge on any atom is -0.493 e. The smallest absolute Gasteiger partial charge is 0.328 e. The molecular weight excluding hydrogens is 509 g/mol. The van der Waals surface area contributed by atoms with Crippen molar-refractivity contribution in [1.82, 2.24) is 15.3 Å². The first-order chi connectivity index (χ1) is 18.7. The highest BCUT2D eigenvalue weighted by molar-refractivity contribution is 5.97. The maximum atomic E-state index is 13.4. The Balaban J connectivity index is 1.73. The van der Waals surface area contributed by atoms with Gasteiger partial charge in [-0.15, -0.1) is 0 Å². The van der Waals surface area contributed by atoms with Crippen LogP contribution in [0.2, 0.25) is 0 Å². The SMILES string of the molecule is CCOC(=O)CC[C@H](NC(=O)c1ccc(N(CCF)Cc2ccc3nc(N)nc(O)c3c2)cc1)C(=O)OCC. The predicted molar refractivity (Wildman–Crippen MR) is 143 cm³/mol. The first-order valence-corrected chi connectivity index (χ1v) is 12.5. The number of rotatable bonds is 13. The summed E-state index contributed by atoms with van der Waals surface area (Å²) in [6, 6.07) is 10.7. The molecular formula is C27H32FN5O6. The molecule has 1 heterocycles. The molecule has 0 radical (unpaired) electrons. The van der Waals surface area contributed by atoms with Gasteiger partial charge in [-0.3, -0.25) is 9.59 Å². The van der Waals surface area contributed by atoms with Gasteiger partial charge in [0.05, 0.1) is 24.1 Å². The molecule has 208 valence electrons. The fourth-order valence-corrected chi connectivity index (χ4v) is 3.95. The van der Waals surface area contributed by atoms with Crippen molar-refractivity contribution in [3.63, 3.8) is 0 Å². The Bertz CT molecular complexity index is 1300. The molecule has 0 saturated carbocycles. The molecule has 0 spiro atoms. The van der Waals surface area contributed by atoms with E-state index < -0.39 is 30.6 Å². The van der Waals surface area contributed by atoms with Gasteiger partial charge < -0.3 is 30.5 Å². The van der Waals surface area contributed by atoms with Gasteiger partial charge in [-0.2, -0.15) is 4.98 Å². The highest BCUT2D eigenvalue weighted by atomic mass is 19.1. The molecule has 0 bridgehead atoms. The molecule has 0 aliphatic rings. The van der Waals surface area contributed by atoms with Crippen molar-refractivity contribution in [3.05, 3.63) is 53.6 Å². The highest BCUT2D eigenvalue weighted by Gasteiger charge is 2.24. The quantitative estimate of drug-likeness (QED) is 0.275. The first kappa shape index (κ1) is 29.1. The standard InChI is InChI=1S/C27H32FN5O6/c1-3-38-23(34)12-11-22(26(37)39-4-2)30-24(35)18-6-8-19(9-7-18)33(14-13-28)16-17-5-10-21-20(15-17)25(36)32-27(29)31-21/h5-10,15,22H,3-4,11-14,16H2,1-2H3,(H,30,35)(H3,29,31,32,36)/t22-/m0/s1. The zero-order valence-corrected chi connectivity index (χ0v) is 21.9. The molecule has 0 aliphatic heterocycles. The topological polar surface area (TPSA) is 157 Å². The highest BCUT2D eigenvalue weighted by Crippen LogP contribution is 2.25. The van der Waals surface area contributed by atoms with E-state index in [1.807, 2.05) is 0 Å². The average molecular weight is 542 g/mol. The number of nitrogens with zero attached hydrogens (tertiary/aromatic N) is 3. The van der Waals surface area contributed by atoms with Gasteiger partial charge in [0.1, 0.15) is 12.7 Å². The van der Waals surface area contributed by atoms with Crippen LogP contribution >= 0.6 is 0 Å². The van der Waals surface area contributed by atoms with E-state index in [0.717, 1.165) is 5.56 Å². The van der Waals surface area contributed by atoms with Gasteiger partial charge in [0.25, 0.3) is 5.91 Å². The number of fused-ring (bicyclic) bond motifs is 1. The van der Waals surface area contributed by atoms with Crippen molar-refractivity contribution < 1.29 is 33.4 Å². The summed E-state index contributed by atoms with van der Waals surface area (Å²) in [5.41, 5.74) is 7.78. The van der Waals surface area contributed by atoms with Gasteiger partial charge in [0.2, 0.25) is 11.8 Å². The summed E-state index contributed by atoms with van der Waals surface area (Å²) in [7, 11) is 0. The molecule has 2 aromatic carbocycles. The normalized spacial score (nSPS) is 11.6. The largest absolute Gasteiger partial charge is 0.493 e. The molecule has 12 heteroatoms. The second kappa shape index (κ2) is 13.9. The van der Waals surface area contributed by atoms with Crippen molar-refractivity contribution >= 4 is 40.4 Å². The number of esters is 2. The van der Waals surface area contributed by atoms with Crippen molar-refractivity contribution in [2.24, 2.45) is 0 Å². The van der Waals surface area contributed by atoms with Crippen LogP contribution in [0.5, 0.6) is 5.88 Å². The number of ether oxygens (including phenoxy) is 2. The summed E-state index contributed by atoms with van der Waals surface area (Å²) < 4.78 is 23.3. The van der Waals surface area contributed by atoms with Crippen LogP contribution in [-0.4, -0.2) is 65.4 Å². The maximum Gasteiger partial charge on any atom is 0.328 e. The molecule has 0 saturated heterocycles. The third-order valence-corrected chi connectivity index (χ3v) is 5.80. The van der Waals surface area contributed by atoms with Crippen molar-refractivity contribution in [2.45, 2.75) is 39.3 Å². The molecule has 4 N–H and O–H groups in total. The Morgan fingerprint density at radius 1 is 1.08 bits per heavy atom. The van der Waals surface area contributed by atoms with Gasteiger partial charge >= 0.3 is 11.9 Å². The molecule has 3 rings (SSSR count). The number of nitrogen functional groups attached to an aromatic ring is 1. The Morgan fingerprint density at radius 2 is 1.79 bits per heavy atom. The lowest BCUT2D eigenvalue weighted by molar-refractivity contribution is -0.146. The minimum atomic E-state index is -1.02. The molecule has 11 nitrogen and oxygen atoms in total. The Labute approximate surface area is 225 Å². The van der Waals surface area contributed by atoms with Crippen LogP contribution in [-0.2, 0) is 25.6 Å². The number of amides is 1. The van der Waals surface area contributed by atoms with Crippen LogP contribution in [0.25, 0.3) is 10.9 Å². The predicted octanol–water partition coefficient (Wildman–Crippen LogP) is 2.90. The van der Waals surface area contributed by atoms with E-state index in [0.29, 0.717) is 23.1 Å². The van der Waals surface area contributed by atoms with E-state index in [-0.39, 0.29) is 50.0 Å². The van der Waals surface area contributed by atoms with E-state index in [1.165, 1.54) is 0 Å². The Morgan fingerprint density at radius 3 is 2.46 bits per heavy atom. The zero-order valence-electron chi connectivity index (χ0n) is 21.9. The summed E-state index contributed by atoms with van der Waals surface area (Å²) in [6.45, 7) is 3.46. The number of hydrogen-bond acceptors (Lipinski definition) is 10. The molecule has 1 aromatic heterocycles. The van der Waals surface area contributed by atoms with E-state index in [4.69, 9.17) is 15.2 Å². The second-order valence-electron chi connectivity index (χ2n) is 8.54. The lowest BCUT2D eigenvalue weighted by atomic mass is 10.1. The van der Waals surface area contributed by atoms with E-state index >= 15 is 0 Å². The van der Waals surface area contributed by atoms with E-state index in [2.05, 4.69) is 15.3 Å². The molecule has 0 unspecified atom stereocenters. The van der Waals surface area contributed by atoms with Crippen LogP contribution in [0, 0.1) is 0 Å². The third kappa shape index (κ3) is 8.00. The van der Waals surface area contributed by atoms with Gasteiger partial charge in [0.15, 0.2) is 0 Å². The fourth-order valence-electron chi connectivity index (χ4n) is 3.95. The Hall–Kier alpha value is -4.48. The number of hydrogen-bond donors (Lipinski definition) is 3. The molecule has 1 atom stereocenters. The molecule has 0 fully saturated rings. The van der Waals surface area contributed by atoms with Gasteiger partial charge in [-0.25, -0.2) is 14.2 Å². The van der Waals surface area contributed by atoms with Crippen molar-refractivity contribution in [3.8, 4) is 5.88 Å². The van der Waals surface area contributed by atoms with Crippen LogP contribution in [0.4, 0.5) is 16.0 Å². The number of aromatic hydroxyl groups is 1. The van der Waals surface area contributed by atoms with Crippen LogP contribution in [0.1, 0.15) is 42.6 Å². The number of carbonyl (C=O) groups excluding carboxylic acids is 3. The van der Waals surface area contributed by atoms with Crippen molar-refractivity contribution in [1.29, 1.82) is 0 Å². The zero-order chi connectivity index (χ0) is 28.4. The number of carbonyl (C=O) groups is 3. The third-order valence-electron chi connectivity index (χ3n) is 5.80. The number of aromatic nitrogens is 2. The van der Waals surface area contributed by atoms with Gasteiger partial charge in [0, 0.05) is 30.8 Å². The lowest BCUT2D eigenvalue weighted by Crippen LogP contribution is -2.42. The van der Waals surface area contributed by atoms with Gasteiger partial charge in [-0.05, 0) is 62.2 Å². The molecule has 0 aliphatic carbocycles. The second-order valence-corrected chi connectivity index (χ2v) is 8.54. The number of benzene rings is 2. The van der Waals surface area contributed by atoms with Gasteiger partial charge in [-0.1, -0.05) is 6.07 Å². The van der Waals surface area contributed by atoms with Crippen LogP contribution in [0.3, 0.4) is 0 Å². The number of nitrogens with two attached hydrogens (primary N) is 1. The molecule has 39 heavy (non-hydrogen) atoms. The first-order valence-electron chi connectivity index (χ1n) is 12.5. The fraction of sp³-hybridized carbons (Fsp3) is 0.370. The minimum absolute atomic E-state index is 0.0325. The van der Waals surface area contributed by atoms with Crippen molar-refractivity contribution in [2.75, 3.05) is 37.1 Å². The van der Waals surface area contributed by atoms with E-state index in [9.17, 15) is 23.9 Å². The summed E-state index contributed by atoms with van der Waals surface area (Å²) in [5, 5.41) is 13.2. The summed E-state index contributed by atoms with van der Waals surface area (Å²) in [4.78, 5) is 46.5. The summed E-state index contributed by atoms with van der Waals surface area (Å²) >= 11 is 0.